The van der Waals surface area contributed by atoms with Crippen molar-refractivity contribution in [1.82, 2.24) is 0 Å². The summed E-state index contributed by atoms with van der Waals surface area (Å²) < 4.78 is 0.970. The van der Waals surface area contributed by atoms with E-state index in [0.29, 0.717) is 6.54 Å². The molecule has 2 nitrogen and oxygen atoms in total. The van der Waals surface area contributed by atoms with Gasteiger partial charge in [0.2, 0.25) is 0 Å². The van der Waals surface area contributed by atoms with Gasteiger partial charge >= 0.3 is 0 Å². The Balaban J connectivity index is 2.41. The number of hydrogen-bond donors (Lipinski definition) is 2. The van der Waals surface area contributed by atoms with Crippen LogP contribution in [0.3, 0.4) is 0 Å². The highest BCUT2D eigenvalue weighted by Crippen LogP contribution is 2.34. The van der Waals surface area contributed by atoms with Gasteiger partial charge in [-0.3, -0.25) is 0 Å². The van der Waals surface area contributed by atoms with Gasteiger partial charge in [0.15, 0.2) is 0 Å². The summed E-state index contributed by atoms with van der Waals surface area (Å²) in [6.45, 7) is 4.48. The Morgan fingerprint density at radius 3 is 2.35 bits per heavy atom. The molecule has 0 spiro atoms. The van der Waals surface area contributed by atoms with Crippen molar-refractivity contribution in [2.75, 3.05) is 6.54 Å². The summed E-state index contributed by atoms with van der Waals surface area (Å²) in [6.07, 6.45) is -0.599. The molecule has 0 heterocycles. The van der Waals surface area contributed by atoms with E-state index in [1.807, 2.05) is 43.3 Å². The van der Waals surface area contributed by atoms with Gasteiger partial charge < -0.3 is 10.8 Å². The van der Waals surface area contributed by atoms with Crippen molar-refractivity contribution in [3.8, 4) is 0 Å². The van der Waals surface area contributed by atoms with Gasteiger partial charge in [-0.15, -0.1) is 0 Å². The maximum atomic E-state index is 10.8. The zero-order valence-corrected chi connectivity index (χ0v) is 13.4. The number of benzene rings is 2. The Hall–Kier alpha value is -1.16. The second kappa shape index (κ2) is 6.53. The first-order chi connectivity index (χ1) is 9.54. The first kappa shape index (κ1) is 15.2. The predicted molar refractivity (Wildman–Crippen MR) is 86.8 cm³/mol. The third-order valence-electron chi connectivity index (χ3n) is 3.78. The van der Waals surface area contributed by atoms with Crippen molar-refractivity contribution in [1.29, 1.82) is 0 Å². The number of halogens is 1. The minimum absolute atomic E-state index is 0.0933. The van der Waals surface area contributed by atoms with Gasteiger partial charge in [0.05, 0.1) is 6.10 Å². The maximum Gasteiger partial charge on any atom is 0.0873 e. The van der Waals surface area contributed by atoms with E-state index in [9.17, 15) is 5.11 Å². The van der Waals surface area contributed by atoms with Gasteiger partial charge in [-0.2, -0.15) is 0 Å². The lowest BCUT2D eigenvalue weighted by atomic mass is 9.85. The van der Waals surface area contributed by atoms with Crippen molar-refractivity contribution < 1.29 is 5.11 Å². The highest BCUT2D eigenvalue weighted by atomic mass is 79.9. The second-order valence-electron chi connectivity index (χ2n) is 5.14. The topological polar surface area (TPSA) is 46.2 Å². The van der Waals surface area contributed by atoms with E-state index in [4.69, 9.17) is 5.73 Å². The molecule has 2 atom stereocenters. The number of nitrogens with two attached hydrogens (primary N) is 1. The van der Waals surface area contributed by atoms with Crippen LogP contribution >= 0.6 is 15.9 Å². The van der Waals surface area contributed by atoms with Crippen LogP contribution in [0, 0.1) is 13.8 Å². The van der Waals surface area contributed by atoms with Gasteiger partial charge in [0.1, 0.15) is 0 Å². The summed E-state index contributed by atoms with van der Waals surface area (Å²) in [7, 11) is 0. The Morgan fingerprint density at radius 2 is 1.70 bits per heavy atom. The van der Waals surface area contributed by atoms with Crippen molar-refractivity contribution in [3.05, 3.63) is 69.2 Å². The van der Waals surface area contributed by atoms with Gasteiger partial charge in [-0.25, -0.2) is 0 Å². The monoisotopic (exact) mass is 333 g/mol. The molecule has 2 rings (SSSR count). The molecule has 20 heavy (non-hydrogen) atoms. The van der Waals surface area contributed by atoms with Crippen LogP contribution in [-0.4, -0.2) is 11.7 Å². The molecule has 106 valence electrons. The molecule has 2 aromatic carbocycles. The highest BCUT2D eigenvalue weighted by molar-refractivity contribution is 9.10. The lowest BCUT2D eigenvalue weighted by molar-refractivity contribution is 0.146. The van der Waals surface area contributed by atoms with Gasteiger partial charge in [-0.05, 0) is 48.2 Å². The molecule has 0 aliphatic carbocycles. The number of aliphatic hydroxyl groups excluding tert-OH is 1. The third-order valence-corrected chi connectivity index (χ3v) is 4.28. The van der Waals surface area contributed by atoms with E-state index in [0.717, 1.165) is 26.7 Å². The first-order valence-electron chi connectivity index (χ1n) is 6.74. The fourth-order valence-corrected chi connectivity index (χ4v) is 2.95. The first-order valence-corrected chi connectivity index (χ1v) is 7.53. The summed E-state index contributed by atoms with van der Waals surface area (Å²) in [6, 6.07) is 14.1. The fraction of sp³-hybridized carbons (Fsp3) is 0.294. The van der Waals surface area contributed by atoms with Gasteiger partial charge in [-0.1, -0.05) is 46.3 Å². The van der Waals surface area contributed by atoms with E-state index in [1.165, 1.54) is 0 Å². The highest BCUT2D eigenvalue weighted by Gasteiger charge is 2.24. The molecule has 0 amide bonds. The molecule has 2 aromatic rings. The standard InChI is InChI=1S/C17H20BrNO/c1-11-5-3-4-6-14(11)16(10-19)17(20)15-9-13(18)8-7-12(15)2/h3-9,16-17,20H,10,19H2,1-2H3. The average molecular weight is 334 g/mol. The summed E-state index contributed by atoms with van der Waals surface area (Å²) >= 11 is 3.46. The third kappa shape index (κ3) is 3.11. The number of rotatable bonds is 4. The molecule has 2 unspecified atom stereocenters. The smallest absolute Gasteiger partial charge is 0.0873 e. The normalized spacial score (nSPS) is 14.1. The quantitative estimate of drug-likeness (QED) is 0.892. The lowest BCUT2D eigenvalue weighted by Gasteiger charge is -2.25. The number of aryl methyl sites for hydroxylation is 2. The van der Waals surface area contributed by atoms with Crippen LogP contribution in [0.2, 0.25) is 0 Å². The van der Waals surface area contributed by atoms with Gasteiger partial charge in [0.25, 0.3) is 0 Å². The summed E-state index contributed by atoms with van der Waals surface area (Å²) in [4.78, 5) is 0. The number of aliphatic hydroxyl groups is 1. The van der Waals surface area contributed by atoms with Crippen LogP contribution in [0.4, 0.5) is 0 Å². The van der Waals surface area contributed by atoms with E-state index >= 15 is 0 Å². The molecule has 3 heteroatoms. The van der Waals surface area contributed by atoms with Crippen LogP contribution in [0.5, 0.6) is 0 Å². The molecule has 0 fully saturated rings. The van der Waals surface area contributed by atoms with Gasteiger partial charge in [0, 0.05) is 16.9 Å². The van der Waals surface area contributed by atoms with E-state index in [2.05, 4.69) is 28.9 Å². The molecule has 0 saturated heterocycles. The Morgan fingerprint density at radius 1 is 1.05 bits per heavy atom. The molecule has 0 radical (unpaired) electrons. The molecular weight excluding hydrogens is 314 g/mol. The van der Waals surface area contributed by atoms with E-state index < -0.39 is 6.10 Å². The Labute approximate surface area is 128 Å². The van der Waals surface area contributed by atoms with Crippen molar-refractivity contribution in [2.24, 2.45) is 5.73 Å². The number of hydrogen-bond acceptors (Lipinski definition) is 2. The van der Waals surface area contributed by atoms with E-state index in [-0.39, 0.29) is 5.92 Å². The van der Waals surface area contributed by atoms with Crippen LogP contribution in [-0.2, 0) is 0 Å². The van der Waals surface area contributed by atoms with Crippen LogP contribution in [0.1, 0.15) is 34.3 Å². The summed E-state index contributed by atoms with van der Waals surface area (Å²) in [5, 5.41) is 10.8. The largest absolute Gasteiger partial charge is 0.388 e. The molecular formula is C17H20BrNO. The van der Waals surface area contributed by atoms with Crippen molar-refractivity contribution >= 4 is 15.9 Å². The molecule has 0 bridgehead atoms. The summed E-state index contributed by atoms with van der Waals surface area (Å²) in [5.41, 5.74) is 10.2. The SMILES string of the molecule is Cc1ccc(Br)cc1C(O)C(CN)c1ccccc1C. The molecule has 0 aliphatic heterocycles. The van der Waals surface area contributed by atoms with Crippen molar-refractivity contribution in [3.63, 3.8) is 0 Å². The lowest BCUT2D eigenvalue weighted by Crippen LogP contribution is -2.21. The fourth-order valence-electron chi connectivity index (χ4n) is 2.58. The maximum absolute atomic E-state index is 10.8. The molecule has 0 aliphatic rings. The van der Waals surface area contributed by atoms with Crippen molar-refractivity contribution in [2.45, 2.75) is 25.9 Å². The predicted octanol–water partition coefficient (Wildman–Crippen LogP) is 3.84. The molecule has 0 saturated carbocycles. The minimum atomic E-state index is -0.599. The minimum Gasteiger partial charge on any atom is -0.388 e. The van der Waals surface area contributed by atoms with E-state index in [1.54, 1.807) is 0 Å². The Kier molecular flexibility index (Phi) is 4.97. The van der Waals surface area contributed by atoms with Crippen LogP contribution < -0.4 is 5.73 Å². The van der Waals surface area contributed by atoms with Crippen LogP contribution in [0.25, 0.3) is 0 Å². The zero-order chi connectivity index (χ0) is 14.7. The molecule has 3 N–H and O–H groups in total. The zero-order valence-electron chi connectivity index (χ0n) is 11.8. The van der Waals surface area contributed by atoms with Crippen LogP contribution in [0.15, 0.2) is 46.9 Å². The molecule has 0 aromatic heterocycles. The average Bonchev–Trinajstić information content (AvgIpc) is 2.44. The second-order valence-corrected chi connectivity index (χ2v) is 6.06. The summed E-state index contributed by atoms with van der Waals surface area (Å²) in [5.74, 6) is -0.0933. The Bertz CT molecular complexity index is 597.